The molecule has 1 aliphatic rings. The molecular weight excluding hydrogens is 387 g/mol. The lowest BCUT2D eigenvalue weighted by Gasteiger charge is -2.30. The van der Waals surface area contributed by atoms with Crippen LogP contribution >= 0.6 is 22.9 Å². The molecule has 0 spiro atoms. The summed E-state index contributed by atoms with van der Waals surface area (Å²) in [7, 11) is 0. The summed E-state index contributed by atoms with van der Waals surface area (Å²) < 4.78 is 13.5. The second-order valence-electron chi connectivity index (χ2n) is 6.14. The van der Waals surface area contributed by atoms with E-state index in [-0.39, 0.29) is 24.2 Å². The average Bonchev–Trinajstić information content (AvgIpc) is 3.14. The minimum atomic E-state index is -0.576. The number of anilines is 1. The highest BCUT2D eigenvalue weighted by Gasteiger charge is 2.34. The van der Waals surface area contributed by atoms with Crippen LogP contribution in [-0.4, -0.2) is 23.3 Å². The molecule has 2 amide bonds. The van der Waals surface area contributed by atoms with Gasteiger partial charge >= 0.3 is 0 Å². The second-order valence-corrected chi connectivity index (χ2v) is 7.53. The van der Waals surface area contributed by atoms with Gasteiger partial charge in [-0.2, -0.15) is 0 Å². The standard InChI is InChI=1S/C20H14ClFN2O2S/c21-13-5-8-16-15(10-13)19(12-3-6-14(22)7-4-12)24(11-18(25)23-16)20(26)17-2-1-9-27-17/h1-10,19H,11H2,(H,23,25)/t19-/m1/s1. The molecule has 0 unspecified atom stereocenters. The number of carbonyl (C=O) groups excluding carboxylic acids is 2. The van der Waals surface area contributed by atoms with E-state index in [1.165, 1.54) is 28.4 Å². The van der Waals surface area contributed by atoms with Gasteiger partial charge in [-0.25, -0.2) is 4.39 Å². The highest BCUT2D eigenvalue weighted by Crippen LogP contribution is 2.38. The van der Waals surface area contributed by atoms with Crippen LogP contribution in [0.2, 0.25) is 5.02 Å². The van der Waals surface area contributed by atoms with Gasteiger partial charge < -0.3 is 10.2 Å². The summed E-state index contributed by atoms with van der Waals surface area (Å²) in [5.41, 5.74) is 1.96. The van der Waals surface area contributed by atoms with Crippen molar-refractivity contribution >= 4 is 40.4 Å². The van der Waals surface area contributed by atoms with Gasteiger partial charge in [-0.05, 0) is 47.3 Å². The molecule has 27 heavy (non-hydrogen) atoms. The zero-order valence-electron chi connectivity index (χ0n) is 14.0. The third kappa shape index (κ3) is 3.46. The van der Waals surface area contributed by atoms with E-state index in [1.807, 2.05) is 5.38 Å². The van der Waals surface area contributed by atoms with E-state index in [1.54, 1.807) is 42.5 Å². The molecule has 1 N–H and O–H groups in total. The predicted octanol–water partition coefficient (Wildman–Crippen LogP) is 4.72. The third-order valence-electron chi connectivity index (χ3n) is 4.39. The Labute approximate surface area is 164 Å². The molecule has 0 aliphatic carbocycles. The summed E-state index contributed by atoms with van der Waals surface area (Å²) in [6.45, 7) is -0.120. The van der Waals surface area contributed by atoms with Gasteiger partial charge in [0.1, 0.15) is 12.4 Å². The molecule has 0 bridgehead atoms. The number of thiophene rings is 1. The molecule has 3 aromatic rings. The van der Waals surface area contributed by atoms with Crippen molar-refractivity contribution in [3.63, 3.8) is 0 Å². The summed E-state index contributed by atoms with van der Waals surface area (Å²) in [6, 6.07) is 14.0. The lowest BCUT2D eigenvalue weighted by Crippen LogP contribution is -2.38. The molecule has 1 atom stereocenters. The van der Waals surface area contributed by atoms with Crippen LogP contribution in [-0.2, 0) is 4.79 Å². The van der Waals surface area contributed by atoms with Crippen LogP contribution in [0.3, 0.4) is 0 Å². The van der Waals surface area contributed by atoms with Gasteiger partial charge in [-0.1, -0.05) is 29.8 Å². The summed E-state index contributed by atoms with van der Waals surface area (Å²) in [6.07, 6.45) is 0. The molecule has 0 fully saturated rings. The third-order valence-corrected chi connectivity index (χ3v) is 5.48. The summed E-state index contributed by atoms with van der Waals surface area (Å²) in [5.74, 6) is -0.931. The van der Waals surface area contributed by atoms with E-state index >= 15 is 0 Å². The highest BCUT2D eigenvalue weighted by atomic mass is 35.5. The number of nitrogens with one attached hydrogen (secondary N) is 1. The van der Waals surface area contributed by atoms with Gasteiger partial charge in [0.05, 0.1) is 10.9 Å². The number of hydrogen-bond acceptors (Lipinski definition) is 3. The fraction of sp³-hybridized carbons (Fsp3) is 0.100. The number of amides is 2. The molecule has 136 valence electrons. The summed E-state index contributed by atoms with van der Waals surface area (Å²) >= 11 is 7.50. The topological polar surface area (TPSA) is 49.4 Å². The number of benzene rings is 2. The molecule has 7 heteroatoms. The van der Waals surface area contributed by atoms with Gasteiger partial charge in [0, 0.05) is 16.3 Å². The first-order valence-electron chi connectivity index (χ1n) is 8.22. The Bertz CT molecular complexity index is 1010. The fourth-order valence-electron chi connectivity index (χ4n) is 3.21. The van der Waals surface area contributed by atoms with E-state index in [2.05, 4.69) is 5.32 Å². The zero-order valence-corrected chi connectivity index (χ0v) is 15.6. The predicted molar refractivity (Wildman–Crippen MR) is 104 cm³/mol. The van der Waals surface area contributed by atoms with Crippen molar-refractivity contribution in [3.05, 3.63) is 86.8 Å². The number of fused-ring (bicyclic) bond motifs is 1. The molecule has 4 rings (SSSR count). The molecule has 0 saturated carbocycles. The maximum absolute atomic E-state index is 13.5. The van der Waals surface area contributed by atoms with Crippen molar-refractivity contribution < 1.29 is 14.0 Å². The van der Waals surface area contributed by atoms with Crippen molar-refractivity contribution in [3.8, 4) is 0 Å². The van der Waals surface area contributed by atoms with Crippen LogP contribution in [0.1, 0.15) is 26.8 Å². The van der Waals surface area contributed by atoms with E-state index in [0.29, 0.717) is 26.7 Å². The first kappa shape index (κ1) is 17.7. The number of carbonyl (C=O) groups is 2. The van der Waals surface area contributed by atoms with Gasteiger partial charge in [0.15, 0.2) is 0 Å². The van der Waals surface area contributed by atoms with Crippen LogP contribution in [0, 0.1) is 5.82 Å². The average molecular weight is 401 g/mol. The fourth-order valence-corrected chi connectivity index (χ4v) is 4.07. The molecular formula is C20H14ClFN2O2S. The van der Waals surface area contributed by atoms with E-state index in [9.17, 15) is 14.0 Å². The maximum Gasteiger partial charge on any atom is 0.265 e. The number of rotatable bonds is 2. The summed E-state index contributed by atoms with van der Waals surface area (Å²) in [4.78, 5) is 27.6. The Balaban J connectivity index is 1.90. The van der Waals surface area contributed by atoms with Crippen molar-refractivity contribution in [2.45, 2.75) is 6.04 Å². The lowest BCUT2D eigenvalue weighted by molar-refractivity contribution is -0.117. The number of hydrogen-bond donors (Lipinski definition) is 1. The molecule has 4 nitrogen and oxygen atoms in total. The monoisotopic (exact) mass is 400 g/mol. The van der Waals surface area contributed by atoms with Crippen LogP contribution in [0.4, 0.5) is 10.1 Å². The summed E-state index contributed by atoms with van der Waals surface area (Å²) in [5, 5.41) is 5.12. The maximum atomic E-state index is 13.5. The quantitative estimate of drug-likeness (QED) is 0.676. The van der Waals surface area contributed by atoms with Gasteiger partial charge in [-0.3, -0.25) is 9.59 Å². The van der Waals surface area contributed by atoms with Gasteiger partial charge in [0.2, 0.25) is 5.91 Å². The lowest BCUT2D eigenvalue weighted by atomic mass is 9.95. The molecule has 0 saturated heterocycles. The van der Waals surface area contributed by atoms with Crippen molar-refractivity contribution in [1.29, 1.82) is 0 Å². The minimum absolute atomic E-state index is 0.120. The van der Waals surface area contributed by atoms with E-state index in [4.69, 9.17) is 11.6 Å². The molecule has 2 aromatic carbocycles. The number of nitrogens with zero attached hydrogens (tertiary/aromatic N) is 1. The van der Waals surface area contributed by atoms with Gasteiger partial charge in [0.25, 0.3) is 5.91 Å². The van der Waals surface area contributed by atoms with Crippen LogP contribution in [0.5, 0.6) is 0 Å². The van der Waals surface area contributed by atoms with Crippen LogP contribution in [0.25, 0.3) is 0 Å². The van der Waals surface area contributed by atoms with E-state index < -0.39 is 6.04 Å². The van der Waals surface area contributed by atoms with Crippen LogP contribution < -0.4 is 5.32 Å². The minimum Gasteiger partial charge on any atom is -0.324 e. The first-order valence-corrected chi connectivity index (χ1v) is 9.48. The Morgan fingerprint density at radius 3 is 2.67 bits per heavy atom. The Morgan fingerprint density at radius 2 is 1.96 bits per heavy atom. The van der Waals surface area contributed by atoms with Crippen LogP contribution in [0.15, 0.2) is 60.0 Å². The normalized spacial score (nSPS) is 16.4. The molecule has 0 radical (unpaired) electrons. The second kappa shape index (κ2) is 7.13. The first-order chi connectivity index (χ1) is 13.0. The largest absolute Gasteiger partial charge is 0.324 e. The Kier molecular flexibility index (Phi) is 4.68. The van der Waals surface area contributed by atoms with Gasteiger partial charge in [-0.15, -0.1) is 11.3 Å². The molecule has 1 aromatic heterocycles. The Hall–Kier alpha value is -2.70. The smallest absolute Gasteiger partial charge is 0.265 e. The zero-order chi connectivity index (χ0) is 19.0. The Morgan fingerprint density at radius 1 is 1.19 bits per heavy atom. The van der Waals surface area contributed by atoms with Crippen molar-refractivity contribution in [2.75, 3.05) is 11.9 Å². The molecule has 1 aliphatic heterocycles. The number of halogens is 2. The van der Waals surface area contributed by atoms with Crippen molar-refractivity contribution in [1.82, 2.24) is 4.90 Å². The van der Waals surface area contributed by atoms with Crippen molar-refractivity contribution in [2.24, 2.45) is 0 Å². The van der Waals surface area contributed by atoms with E-state index in [0.717, 1.165) is 0 Å². The SMILES string of the molecule is O=C1CN(C(=O)c2cccs2)[C@H](c2ccc(F)cc2)c2cc(Cl)ccc2N1. The molecule has 2 heterocycles. The highest BCUT2D eigenvalue weighted by molar-refractivity contribution is 7.12.